The number of rotatable bonds is 4. The molecule has 0 unspecified atom stereocenters. The molecule has 160 valence electrons. The van der Waals surface area contributed by atoms with Crippen LogP contribution in [0.4, 0.5) is 5.95 Å². The van der Waals surface area contributed by atoms with Crippen LogP contribution in [0.5, 0.6) is 0 Å². The number of ether oxygens (including phenoxy) is 1. The number of halogens is 1. The third kappa shape index (κ3) is 3.18. The van der Waals surface area contributed by atoms with Gasteiger partial charge in [0, 0.05) is 27.5 Å². The molecule has 2 aromatic heterocycles. The molecule has 0 aliphatic heterocycles. The molecule has 0 radical (unpaired) electrons. The Morgan fingerprint density at radius 3 is 2.62 bits per heavy atom. The van der Waals surface area contributed by atoms with Crippen molar-refractivity contribution in [1.29, 1.82) is 0 Å². The summed E-state index contributed by atoms with van der Waals surface area (Å²) in [6, 6.07) is 15.9. The van der Waals surface area contributed by atoms with E-state index in [9.17, 15) is 4.79 Å². The quantitative estimate of drug-likeness (QED) is 0.281. The second kappa shape index (κ2) is 7.87. The number of carbonyl (C=O) groups excluding carboxylic acids is 1. The number of aromatic nitrogens is 4. The Morgan fingerprint density at radius 1 is 1.09 bits per heavy atom. The van der Waals surface area contributed by atoms with Crippen LogP contribution in [0.25, 0.3) is 32.7 Å². The van der Waals surface area contributed by atoms with Crippen molar-refractivity contribution >= 4 is 60.6 Å². The van der Waals surface area contributed by atoms with Crippen LogP contribution in [-0.2, 0) is 11.3 Å². The summed E-state index contributed by atoms with van der Waals surface area (Å²) in [6.45, 7) is 4.58. The average Bonchev–Trinajstić information content (AvgIpc) is 3.07. The molecule has 3 aromatic carbocycles. The van der Waals surface area contributed by atoms with Gasteiger partial charge in [-0.1, -0.05) is 52.3 Å². The molecule has 0 fully saturated rings. The minimum Gasteiger partial charge on any atom is -0.462 e. The van der Waals surface area contributed by atoms with E-state index in [2.05, 4.69) is 47.8 Å². The van der Waals surface area contributed by atoms with Crippen LogP contribution < -0.4 is 5.73 Å². The SMILES string of the molecule is CCOC(=O)c1c(C)n(Cc2ccccc2)c2c3nc(N)nnc3c3ccc(Br)cc3c12. The van der Waals surface area contributed by atoms with E-state index in [0.717, 1.165) is 37.4 Å². The van der Waals surface area contributed by atoms with Crippen molar-refractivity contribution in [3.8, 4) is 0 Å². The van der Waals surface area contributed by atoms with Crippen LogP contribution in [0.15, 0.2) is 53.0 Å². The first-order valence-corrected chi connectivity index (χ1v) is 11.0. The summed E-state index contributed by atoms with van der Waals surface area (Å²) >= 11 is 3.57. The summed E-state index contributed by atoms with van der Waals surface area (Å²) in [4.78, 5) is 17.7. The molecule has 0 bridgehead atoms. The molecular weight excluding hydrogens is 470 g/mol. The van der Waals surface area contributed by atoms with Gasteiger partial charge in [0.05, 0.1) is 17.7 Å². The Balaban J connectivity index is 2.00. The van der Waals surface area contributed by atoms with Crippen LogP contribution in [0, 0.1) is 6.92 Å². The van der Waals surface area contributed by atoms with E-state index < -0.39 is 0 Å². The third-order valence-electron chi connectivity index (χ3n) is 5.62. The third-order valence-corrected chi connectivity index (χ3v) is 6.11. The van der Waals surface area contributed by atoms with E-state index in [-0.39, 0.29) is 18.5 Å². The van der Waals surface area contributed by atoms with Crippen molar-refractivity contribution in [2.24, 2.45) is 0 Å². The van der Waals surface area contributed by atoms with E-state index in [1.807, 2.05) is 43.3 Å². The first-order chi connectivity index (χ1) is 15.5. The summed E-state index contributed by atoms with van der Waals surface area (Å²) in [7, 11) is 0. The first-order valence-electron chi connectivity index (χ1n) is 10.2. The molecule has 0 saturated heterocycles. The maximum absolute atomic E-state index is 13.2. The van der Waals surface area contributed by atoms with Crippen molar-refractivity contribution in [2.75, 3.05) is 12.3 Å². The van der Waals surface area contributed by atoms with Crippen molar-refractivity contribution in [2.45, 2.75) is 20.4 Å². The van der Waals surface area contributed by atoms with Crippen LogP contribution in [0.1, 0.15) is 28.5 Å². The first kappa shape index (κ1) is 20.4. The van der Waals surface area contributed by atoms with Gasteiger partial charge in [-0.3, -0.25) is 0 Å². The normalized spacial score (nSPS) is 11.5. The fourth-order valence-electron chi connectivity index (χ4n) is 4.28. The molecular formula is C24H20BrN5O2. The van der Waals surface area contributed by atoms with Gasteiger partial charge in [0.2, 0.25) is 5.95 Å². The number of nitrogens with two attached hydrogens (primary N) is 1. The number of anilines is 1. The molecule has 2 heterocycles. The molecule has 0 atom stereocenters. The zero-order valence-electron chi connectivity index (χ0n) is 17.6. The molecule has 0 amide bonds. The second-order valence-electron chi connectivity index (χ2n) is 7.53. The number of nitrogens with zero attached hydrogens (tertiary/aromatic N) is 4. The molecule has 0 spiro atoms. The zero-order valence-corrected chi connectivity index (χ0v) is 19.2. The fraction of sp³-hybridized carbons (Fsp3) is 0.167. The summed E-state index contributed by atoms with van der Waals surface area (Å²) in [5.74, 6) is -0.282. The standard InChI is InChI=1S/C24H20BrN5O2/c1-3-32-23(31)18-13(2)30(12-14-7-5-4-6-8-14)22-19(18)17-11-15(25)9-10-16(17)20-21(22)27-24(26)29-28-20/h4-11H,3,12H2,1-2H3,(H2,26,27,29). The topological polar surface area (TPSA) is 95.9 Å². The van der Waals surface area contributed by atoms with Crippen LogP contribution in [0.2, 0.25) is 0 Å². The molecule has 5 rings (SSSR count). The minimum atomic E-state index is -0.363. The van der Waals surface area contributed by atoms with Crippen LogP contribution in [0.3, 0.4) is 0 Å². The van der Waals surface area contributed by atoms with Gasteiger partial charge in [-0.2, -0.15) is 0 Å². The number of fused-ring (bicyclic) bond motifs is 6. The lowest BCUT2D eigenvalue weighted by Crippen LogP contribution is -2.08. The molecule has 0 aliphatic carbocycles. The number of hydrogen-bond acceptors (Lipinski definition) is 6. The van der Waals surface area contributed by atoms with E-state index in [4.69, 9.17) is 10.5 Å². The second-order valence-corrected chi connectivity index (χ2v) is 8.45. The number of nitrogen functional groups attached to an aromatic ring is 1. The summed E-state index contributed by atoms with van der Waals surface area (Å²) < 4.78 is 8.44. The highest BCUT2D eigenvalue weighted by atomic mass is 79.9. The molecule has 7 nitrogen and oxygen atoms in total. The van der Waals surface area contributed by atoms with Crippen molar-refractivity contribution in [1.82, 2.24) is 19.7 Å². The predicted octanol–water partition coefficient (Wildman–Crippen LogP) is 5.01. The highest BCUT2D eigenvalue weighted by Crippen LogP contribution is 2.39. The smallest absolute Gasteiger partial charge is 0.340 e. The Bertz CT molecular complexity index is 1510. The van der Waals surface area contributed by atoms with Crippen molar-refractivity contribution in [3.05, 3.63) is 69.8 Å². The minimum absolute atomic E-state index is 0.0815. The van der Waals surface area contributed by atoms with E-state index in [1.165, 1.54) is 0 Å². The van der Waals surface area contributed by atoms with Gasteiger partial charge < -0.3 is 15.0 Å². The van der Waals surface area contributed by atoms with Crippen LogP contribution >= 0.6 is 15.9 Å². The Labute approximate surface area is 192 Å². The largest absolute Gasteiger partial charge is 0.462 e. The predicted molar refractivity (Wildman–Crippen MR) is 129 cm³/mol. The highest BCUT2D eigenvalue weighted by molar-refractivity contribution is 9.10. The summed E-state index contributed by atoms with van der Waals surface area (Å²) in [5.41, 5.74) is 10.4. The molecule has 0 saturated carbocycles. The molecule has 8 heteroatoms. The Hall–Kier alpha value is -3.52. The Morgan fingerprint density at radius 2 is 1.88 bits per heavy atom. The zero-order chi connectivity index (χ0) is 22.4. The van der Waals surface area contributed by atoms with E-state index in [0.29, 0.717) is 23.1 Å². The lowest BCUT2D eigenvalue weighted by atomic mass is 10.0. The van der Waals surface area contributed by atoms with E-state index in [1.54, 1.807) is 6.92 Å². The van der Waals surface area contributed by atoms with Gasteiger partial charge in [0.25, 0.3) is 0 Å². The van der Waals surface area contributed by atoms with Gasteiger partial charge in [-0.25, -0.2) is 9.78 Å². The maximum atomic E-state index is 13.2. The number of benzene rings is 3. The highest BCUT2D eigenvalue weighted by Gasteiger charge is 2.26. The van der Waals surface area contributed by atoms with Crippen molar-refractivity contribution < 1.29 is 9.53 Å². The van der Waals surface area contributed by atoms with Crippen LogP contribution in [-0.4, -0.2) is 32.3 Å². The lowest BCUT2D eigenvalue weighted by molar-refractivity contribution is 0.0527. The lowest BCUT2D eigenvalue weighted by Gasteiger charge is -2.11. The Kier molecular flexibility index (Phi) is 5.01. The number of esters is 1. The fourth-order valence-corrected chi connectivity index (χ4v) is 4.64. The average molecular weight is 490 g/mol. The molecule has 2 N–H and O–H groups in total. The monoisotopic (exact) mass is 489 g/mol. The van der Waals surface area contributed by atoms with E-state index >= 15 is 0 Å². The van der Waals surface area contributed by atoms with Gasteiger partial charge in [-0.05, 0) is 36.9 Å². The van der Waals surface area contributed by atoms with Gasteiger partial charge in [-0.15, -0.1) is 10.2 Å². The molecule has 32 heavy (non-hydrogen) atoms. The van der Waals surface area contributed by atoms with Gasteiger partial charge >= 0.3 is 5.97 Å². The summed E-state index contributed by atoms with van der Waals surface area (Å²) in [5, 5.41) is 10.9. The number of hydrogen-bond donors (Lipinski definition) is 1. The molecule has 0 aliphatic rings. The van der Waals surface area contributed by atoms with Gasteiger partial charge in [0.1, 0.15) is 11.0 Å². The van der Waals surface area contributed by atoms with Gasteiger partial charge in [0.15, 0.2) is 0 Å². The maximum Gasteiger partial charge on any atom is 0.340 e. The van der Waals surface area contributed by atoms with Crippen molar-refractivity contribution in [3.63, 3.8) is 0 Å². The molecule has 5 aromatic rings. The summed E-state index contributed by atoms with van der Waals surface area (Å²) in [6.07, 6.45) is 0. The number of carbonyl (C=O) groups is 1.